The highest BCUT2D eigenvalue weighted by Crippen LogP contribution is 2.49. The van der Waals surface area contributed by atoms with Crippen LogP contribution in [0.1, 0.15) is 18.5 Å². The first-order valence-corrected chi connectivity index (χ1v) is 6.59. The van der Waals surface area contributed by atoms with Crippen molar-refractivity contribution in [2.24, 2.45) is 0 Å². The molecule has 1 saturated carbocycles. The average Bonchev–Trinajstić information content (AvgIpc) is 3.09. The van der Waals surface area contributed by atoms with Crippen molar-refractivity contribution in [1.29, 1.82) is 0 Å². The Hall–Kier alpha value is -1.75. The van der Waals surface area contributed by atoms with Gasteiger partial charge in [-0.2, -0.15) is 0 Å². The lowest BCUT2D eigenvalue weighted by molar-refractivity contribution is -0.143. The number of carbonyl (C=O) groups excluding carboxylic acids is 1. The largest absolute Gasteiger partial charge is 0.468 e. The third-order valence-electron chi connectivity index (χ3n) is 3.25. The third-order valence-corrected chi connectivity index (χ3v) is 4.14. The number of hydrogen-bond acceptors (Lipinski definition) is 5. The number of ether oxygens (including phenoxy) is 1. The Kier molecular flexibility index (Phi) is 2.63. The maximum atomic E-state index is 11.8. The number of thiazole rings is 1. The van der Waals surface area contributed by atoms with Crippen LogP contribution in [0.5, 0.6) is 0 Å². The molecule has 18 heavy (non-hydrogen) atoms. The molecular formula is C13H12N2O2S. The molecule has 1 fully saturated rings. The summed E-state index contributed by atoms with van der Waals surface area (Å²) in [5.41, 5.74) is 1.39. The first-order chi connectivity index (χ1) is 8.76. The summed E-state index contributed by atoms with van der Waals surface area (Å²) >= 11 is 1.55. The molecule has 0 bridgehead atoms. The van der Waals surface area contributed by atoms with E-state index in [0.29, 0.717) is 0 Å². The molecule has 1 aliphatic carbocycles. The van der Waals surface area contributed by atoms with Crippen molar-refractivity contribution in [2.45, 2.75) is 18.3 Å². The maximum Gasteiger partial charge on any atom is 0.317 e. The lowest BCUT2D eigenvalue weighted by atomic mass is 10.0. The summed E-state index contributed by atoms with van der Waals surface area (Å²) in [6, 6.07) is 3.83. The summed E-state index contributed by atoms with van der Waals surface area (Å²) in [6.07, 6.45) is 5.14. The number of pyridine rings is 1. The molecule has 0 spiro atoms. The van der Waals surface area contributed by atoms with E-state index in [-0.39, 0.29) is 5.97 Å². The number of rotatable bonds is 3. The molecule has 3 rings (SSSR count). The first kappa shape index (κ1) is 11.3. The van der Waals surface area contributed by atoms with Gasteiger partial charge in [0.1, 0.15) is 10.4 Å². The van der Waals surface area contributed by atoms with Gasteiger partial charge in [-0.3, -0.25) is 9.78 Å². The highest BCUT2D eigenvalue weighted by atomic mass is 32.1. The van der Waals surface area contributed by atoms with Gasteiger partial charge < -0.3 is 4.74 Å². The van der Waals surface area contributed by atoms with E-state index in [1.54, 1.807) is 23.7 Å². The van der Waals surface area contributed by atoms with Crippen molar-refractivity contribution >= 4 is 17.3 Å². The number of aromatic nitrogens is 2. The summed E-state index contributed by atoms with van der Waals surface area (Å²) in [6.45, 7) is 0. The minimum atomic E-state index is -0.476. The van der Waals surface area contributed by atoms with Gasteiger partial charge in [0.25, 0.3) is 0 Å². The van der Waals surface area contributed by atoms with Crippen LogP contribution in [0.3, 0.4) is 0 Å². The summed E-state index contributed by atoms with van der Waals surface area (Å²) in [5.74, 6) is -0.172. The molecule has 2 aromatic heterocycles. The molecule has 0 radical (unpaired) electrons. The number of methoxy groups -OCH3 is 1. The Morgan fingerprint density at radius 3 is 2.72 bits per heavy atom. The zero-order valence-corrected chi connectivity index (χ0v) is 10.7. The summed E-state index contributed by atoms with van der Waals surface area (Å²) in [4.78, 5) is 20.3. The van der Waals surface area contributed by atoms with Crippen molar-refractivity contribution in [2.75, 3.05) is 7.11 Å². The van der Waals surface area contributed by atoms with Crippen molar-refractivity contribution < 1.29 is 9.53 Å². The molecule has 2 aromatic rings. The molecule has 92 valence electrons. The zero-order valence-electron chi connectivity index (χ0n) is 9.92. The summed E-state index contributed by atoms with van der Waals surface area (Å²) in [7, 11) is 1.43. The van der Waals surface area contributed by atoms with Gasteiger partial charge in [0, 0.05) is 23.3 Å². The lowest BCUT2D eigenvalue weighted by Crippen LogP contribution is -2.22. The van der Waals surface area contributed by atoms with Gasteiger partial charge in [-0.15, -0.1) is 11.3 Å². The molecule has 2 heterocycles. The van der Waals surface area contributed by atoms with Crippen LogP contribution in [-0.4, -0.2) is 23.0 Å². The molecule has 5 heteroatoms. The molecule has 0 saturated heterocycles. The minimum absolute atomic E-state index is 0.172. The van der Waals surface area contributed by atoms with Gasteiger partial charge in [-0.25, -0.2) is 4.98 Å². The standard InChI is InChI=1S/C13H12N2O2S/c1-17-12(16)13(4-5-13)10-8-18-11(15-10)9-2-6-14-7-3-9/h2-3,6-8H,4-5H2,1H3. The van der Waals surface area contributed by atoms with Crippen LogP contribution in [0.25, 0.3) is 10.6 Å². The van der Waals surface area contributed by atoms with Crippen LogP contribution in [-0.2, 0) is 14.9 Å². The smallest absolute Gasteiger partial charge is 0.317 e. The molecule has 0 amide bonds. The molecule has 0 aromatic carbocycles. The fourth-order valence-corrected chi connectivity index (χ4v) is 2.93. The number of carbonyl (C=O) groups is 1. The van der Waals surface area contributed by atoms with Gasteiger partial charge in [0.15, 0.2) is 0 Å². The number of esters is 1. The molecule has 1 aliphatic rings. The monoisotopic (exact) mass is 260 g/mol. The van der Waals surface area contributed by atoms with Crippen LogP contribution < -0.4 is 0 Å². The van der Waals surface area contributed by atoms with E-state index < -0.39 is 5.41 Å². The fraction of sp³-hybridized carbons (Fsp3) is 0.308. The highest BCUT2D eigenvalue weighted by Gasteiger charge is 2.54. The van der Waals surface area contributed by atoms with E-state index in [0.717, 1.165) is 29.1 Å². The van der Waals surface area contributed by atoms with Gasteiger partial charge in [-0.05, 0) is 25.0 Å². The Bertz CT molecular complexity index is 576. The zero-order chi connectivity index (χ0) is 12.6. The lowest BCUT2D eigenvalue weighted by Gasteiger charge is -2.08. The predicted octanol–water partition coefficient (Wildman–Crippen LogP) is 2.41. The van der Waals surface area contributed by atoms with E-state index in [9.17, 15) is 4.79 Å². The Balaban J connectivity index is 1.94. The van der Waals surface area contributed by atoms with E-state index in [4.69, 9.17) is 4.74 Å². The second-order valence-corrected chi connectivity index (χ2v) is 5.21. The third kappa shape index (κ3) is 1.71. The van der Waals surface area contributed by atoms with Crippen molar-refractivity contribution in [1.82, 2.24) is 9.97 Å². The Labute approximate surface area is 109 Å². The summed E-state index contributed by atoms with van der Waals surface area (Å²) in [5, 5.41) is 2.88. The van der Waals surface area contributed by atoms with Crippen LogP contribution in [0.2, 0.25) is 0 Å². The van der Waals surface area contributed by atoms with Crippen LogP contribution >= 0.6 is 11.3 Å². The van der Waals surface area contributed by atoms with Gasteiger partial charge in [-0.1, -0.05) is 0 Å². The first-order valence-electron chi connectivity index (χ1n) is 5.71. The van der Waals surface area contributed by atoms with Gasteiger partial charge in [0.2, 0.25) is 0 Å². The van der Waals surface area contributed by atoms with Gasteiger partial charge >= 0.3 is 5.97 Å². The second-order valence-electron chi connectivity index (χ2n) is 4.35. The molecule has 0 aliphatic heterocycles. The van der Waals surface area contributed by atoms with E-state index in [2.05, 4.69) is 9.97 Å². The molecule has 4 nitrogen and oxygen atoms in total. The molecule has 0 unspecified atom stereocenters. The Morgan fingerprint density at radius 2 is 2.11 bits per heavy atom. The fourth-order valence-electron chi connectivity index (χ4n) is 2.01. The Morgan fingerprint density at radius 1 is 1.39 bits per heavy atom. The second kappa shape index (κ2) is 4.17. The molecular weight excluding hydrogens is 248 g/mol. The SMILES string of the molecule is COC(=O)C1(c2csc(-c3ccncc3)n2)CC1. The van der Waals surface area contributed by atoms with Crippen molar-refractivity contribution in [3.63, 3.8) is 0 Å². The van der Waals surface area contributed by atoms with Crippen molar-refractivity contribution in [3.8, 4) is 10.6 Å². The molecule has 0 atom stereocenters. The predicted molar refractivity (Wildman–Crippen MR) is 68.3 cm³/mol. The average molecular weight is 260 g/mol. The van der Waals surface area contributed by atoms with Crippen LogP contribution in [0, 0.1) is 0 Å². The quantitative estimate of drug-likeness (QED) is 0.795. The van der Waals surface area contributed by atoms with E-state index in [1.807, 2.05) is 17.5 Å². The summed E-state index contributed by atoms with van der Waals surface area (Å²) < 4.78 is 4.86. The normalized spacial score (nSPS) is 16.3. The van der Waals surface area contributed by atoms with E-state index in [1.165, 1.54) is 7.11 Å². The number of nitrogens with zero attached hydrogens (tertiary/aromatic N) is 2. The molecule has 0 N–H and O–H groups in total. The highest BCUT2D eigenvalue weighted by molar-refractivity contribution is 7.13. The van der Waals surface area contributed by atoms with Crippen LogP contribution in [0.4, 0.5) is 0 Å². The maximum absolute atomic E-state index is 11.8. The van der Waals surface area contributed by atoms with Gasteiger partial charge in [0.05, 0.1) is 12.8 Å². The minimum Gasteiger partial charge on any atom is -0.468 e. The van der Waals surface area contributed by atoms with Crippen molar-refractivity contribution in [3.05, 3.63) is 35.6 Å². The topological polar surface area (TPSA) is 52.1 Å². The number of hydrogen-bond donors (Lipinski definition) is 0. The van der Waals surface area contributed by atoms with Crippen LogP contribution in [0.15, 0.2) is 29.9 Å². The van der Waals surface area contributed by atoms with E-state index >= 15 is 0 Å².